The first-order valence-corrected chi connectivity index (χ1v) is 11.8. The summed E-state index contributed by atoms with van der Waals surface area (Å²) < 4.78 is 14.4. The highest BCUT2D eigenvalue weighted by molar-refractivity contribution is 6.36. The highest BCUT2D eigenvalue weighted by Crippen LogP contribution is 2.27. The van der Waals surface area contributed by atoms with E-state index >= 15 is 0 Å². The van der Waals surface area contributed by atoms with Gasteiger partial charge in [0.1, 0.15) is 11.9 Å². The lowest BCUT2D eigenvalue weighted by molar-refractivity contribution is -0.141. The number of rotatable bonds is 9. The third kappa shape index (κ3) is 6.81. The second-order valence-electron chi connectivity index (χ2n) is 8.36. The summed E-state index contributed by atoms with van der Waals surface area (Å²) in [5.41, 5.74) is 1.67. The molecule has 3 rings (SSSR count). The summed E-state index contributed by atoms with van der Waals surface area (Å²) in [6.07, 6.45) is 0.0828. The molecule has 0 saturated carbocycles. The molecule has 0 aromatic heterocycles. The summed E-state index contributed by atoms with van der Waals surface area (Å²) in [4.78, 5) is 28.4. The van der Waals surface area contributed by atoms with Gasteiger partial charge in [-0.05, 0) is 43.2 Å². The van der Waals surface area contributed by atoms with Crippen molar-refractivity contribution in [2.24, 2.45) is 0 Å². The zero-order chi connectivity index (χ0) is 24.7. The van der Waals surface area contributed by atoms with E-state index in [1.54, 1.807) is 36.4 Å². The first-order chi connectivity index (χ1) is 16.3. The van der Waals surface area contributed by atoms with Crippen LogP contribution in [0.3, 0.4) is 0 Å². The van der Waals surface area contributed by atoms with E-state index in [0.29, 0.717) is 15.6 Å². The van der Waals surface area contributed by atoms with Crippen LogP contribution in [0.4, 0.5) is 4.39 Å². The van der Waals surface area contributed by atoms with Crippen LogP contribution in [0.1, 0.15) is 30.5 Å². The quantitative estimate of drug-likeness (QED) is 0.401. The highest BCUT2D eigenvalue weighted by Gasteiger charge is 2.32. The number of carbonyl (C=O) groups is 2. The van der Waals surface area contributed by atoms with Crippen LogP contribution in [-0.2, 0) is 29.0 Å². The van der Waals surface area contributed by atoms with E-state index in [9.17, 15) is 14.0 Å². The fourth-order valence-electron chi connectivity index (χ4n) is 3.69. The maximum atomic E-state index is 14.4. The monoisotopic (exact) mass is 500 g/mol. The third-order valence-corrected chi connectivity index (χ3v) is 6.10. The number of carbonyl (C=O) groups excluding carboxylic acids is 2. The molecule has 7 heteroatoms. The number of halogens is 3. The van der Waals surface area contributed by atoms with Gasteiger partial charge in [-0.25, -0.2) is 4.39 Å². The molecule has 0 heterocycles. The van der Waals surface area contributed by atoms with Crippen LogP contribution in [0.25, 0.3) is 0 Å². The fraction of sp³-hybridized carbons (Fsp3) is 0.259. The van der Waals surface area contributed by atoms with Crippen molar-refractivity contribution in [1.82, 2.24) is 10.2 Å². The van der Waals surface area contributed by atoms with Gasteiger partial charge in [-0.1, -0.05) is 77.8 Å². The van der Waals surface area contributed by atoms with E-state index < -0.39 is 17.8 Å². The SMILES string of the molecule is CC(C)NC(=O)C(Cc1ccccc1)N(Cc1c(Cl)cccc1Cl)C(=O)Cc1ccccc1F. The van der Waals surface area contributed by atoms with E-state index in [2.05, 4.69) is 5.32 Å². The van der Waals surface area contributed by atoms with Gasteiger partial charge in [-0.15, -0.1) is 0 Å². The minimum absolute atomic E-state index is 0.00874. The predicted octanol–water partition coefficient (Wildman–Crippen LogP) is 5.84. The number of nitrogens with zero attached hydrogens (tertiary/aromatic N) is 1. The average Bonchev–Trinajstić information content (AvgIpc) is 2.79. The van der Waals surface area contributed by atoms with Crippen LogP contribution in [0.2, 0.25) is 10.0 Å². The van der Waals surface area contributed by atoms with E-state index in [4.69, 9.17) is 23.2 Å². The predicted molar refractivity (Wildman–Crippen MR) is 134 cm³/mol. The fourth-order valence-corrected chi connectivity index (χ4v) is 4.21. The summed E-state index contributed by atoms with van der Waals surface area (Å²) in [7, 11) is 0. The van der Waals surface area contributed by atoms with Crippen molar-refractivity contribution in [2.75, 3.05) is 0 Å². The van der Waals surface area contributed by atoms with Crippen LogP contribution in [-0.4, -0.2) is 28.8 Å². The summed E-state index contributed by atoms with van der Waals surface area (Å²) in [5, 5.41) is 3.69. The maximum Gasteiger partial charge on any atom is 0.243 e. The van der Waals surface area contributed by atoms with Gasteiger partial charge in [-0.2, -0.15) is 0 Å². The van der Waals surface area contributed by atoms with Crippen LogP contribution >= 0.6 is 23.2 Å². The van der Waals surface area contributed by atoms with Gasteiger partial charge < -0.3 is 10.2 Å². The third-order valence-electron chi connectivity index (χ3n) is 5.39. The van der Waals surface area contributed by atoms with Crippen LogP contribution in [0.5, 0.6) is 0 Å². The van der Waals surface area contributed by atoms with Crippen molar-refractivity contribution in [3.05, 3.63) is 105 Å². The summed E-state index contributed by atoms with van der Waals surface area (Å²) in [6, 6.07) is 19.7. The van der Waals surface area contributed by atoms with Crippen molar-refractivity contribution < 1.29 is 14.0 Å². The van der Waals surface area contributed by atoms with Crippen molar-refractivity contribution in [3.63, 3.8) is 0 Å². The number of nitrogens with one attached hydrogen (secondary N) is 1. The number of amides is 2. The molecule has 2 amide bonds. The lowest BCUT2D eigenvalue weighted by Crippen LogP contribution is -2.52. The lowest BCUT2D eigenvalue weighted by Gasteiger charge is -2.32. The van der Waals surface area contributed by atoms with E-state index in [1.807, 2.05) is 44.2 Å². The van der Waals surface area contributed by atoms with E-state index in [-0.39, 0.29) is 36.9 Å². The van der Waals surface area contributed by atoms with Crippen LogP contribution in [0, 0.1) is 5.82 Å². The van der Waals surface area contributed by atoms with Gasteiger partial charge in [0.25, 0.3) is 0 Å². The Morgan fingerprint density at radius 3 is 2.15 bits per heavy atom. The Kier molecular flexibility index (Phi) is 9.08. The normalized spacial score (nSPS) is 11.8. The molecule has 1 atom stereocenters. The number of hydrogen-bond acceptors (Lipinski definition) is 2. The molecule has 0 aliphatic heterocycles. The van der Waals surface area contributed by atoms with Gasteiger partial charge in [-0.3, -0.25) is 9.59 Å². The zero-order valence-electron chi connectivity index (χ0n) is 19.1. The molecule has 0 aliphatic rings. The Morgan fingerprint density at radius 1 is 0.912 bits per heavy atom. The van der Waals surface area contributed by atoms with Crippen LogP contribution < -0.4 is 5.32 Å². The van der Waals surface area contributed by atoms with Gasteiger partial charge in [0.2, 0.25) is 11.8 Å². The molecule has 34 heavy (non-hydrogen) atoms. The molecular formula is C27H27Cl2FN2O2. The van der Waals surface area contributed by atoms with Crippen molar-refractivity contribution in [2.45, 2.75) is 45.3 Å². The molecule has 0 radical (unpaired) electrons. The van der Waals surface area contributed by atoms with Crippen molar-refractivity contribution in [1.29, 1.82) is 0 Å². The molecule has 3 aromatic rings. The molecule has 1 N–H and O–H groups in total. The van der Waals surface area contributed by atoms with Gasteiger partial charge in [0, 0.05) is 34.6 Å². The first-order valence-electron chi connectivity index (χ1n) is 11.1. The molecule has 3 aromatic carbocycles. The lowest BCUT2D eigenvalue weighted by atomic mass is 10.0. The first kappa shape index (κ1) is 25.7. The molecule has 178 valence electrons. The average molecular weight is 501 g/mol. The topological polar surface area (TPSA) is 49.4 Å². The second kappa shape index (κ2) is 12.0. The summed E-state index contributed by atoms with van der Waals surface area (Å²) >= 11 is 12.8. The molecule has 0 saturated heterocycles. The van der Waals surface area contributed by atoms with Crippen LogP contribution in [0.15, 0.2) is 72.8 Å². The van der Waals surface area contributed by atoms with Gasteiger partial charge >= 0.3 is 0 Å². The Hall–Kier alpha value is -2.89. The minimum Gasteiger partial charge on any atom is -0.352 e. The van der Waals surface area contributed by atoms with Crippen molar-refractivity contribution >= 4 is 35.0 Å². The van der Waals surface area contributed by atoms with Gasteiger partial charge in [0.15, 0.2) is 0 Å². The molecular weight excluding hydrogens is 474 g/mol. The molecule has 0 aliphatic carbocycles. The summed E-state index contributed by atoms with van der Waals surface area (Å²) in [6.45, 7) is 3.72. The Balaban J connectivity index is 2.03. The maximum absolute atomic E-state index is 14.4. The second-order valence-corrected chi connectivity index (χ2v) is 9.17. The number of benzene rings is 3. The molecule has 1 unspecified atom stereocenters. The summed E-state index contributed by atoms with van der Waals surface area (Å²) in [5.74, 6) is -1.18. The minimum atomic E-state index is -0.851. The molecule has 0 spiro atoms. The highest BCUT2D eigenvalue weighted by atomic mass is 35.5. The Bertz CT molecular complexity index is 1120. The smallest absolute Gasteiger partial charge is 0.243 e. The number of hydrogen-bond donors (Lipinski definition) is 1. The molecule has 0 bridgehead atoms. The van der Waals surface area contributed by atoms with E-state index in [1.165, 1.54) is 11.0 Å². The zero-order valence-corrected chi connectivity index (χ0v) is 20.6. The standard InChI is InChI=1S/C27H27Cl2FN2O2/c1-18(2)31-27(34)25(15-19-9-4-3-5-10-19)32(17-21-22(28)12-8-13-23(21)29)26(33)16-20-11-6-7-14-24(20)30/h3-14,18,25H,15-17H2,1-2H3,(H,31,34). The largest absolute Gasteiger partial charge is 0.352 e. The Labute approximate surface area is 209 Å². The Morgan fingerprint density at radius 2 is 1.53 bits per heavy atom. The van der Waals surface area contributed by atoms with Crippen molar-refractivity contribution in [3.8, 4) is 0 Å². The molecule has 0 fully saturated rings. The van der Waals surface area contributed by atoms with Gasteiger partial charge in [0.05, 0.1) is 6.42 Å². The molecule has 4 nitrogen and oxygen atoms in total. The van der Waals surface area contributed by atoms with E-state index in [0.717, 1.165) is 5.56 Å².